The molecule has 2 heterocycles. The van der Waals surface area contributed by atoms with E-state index in [1.165, 1.54) is 12.3 Å². The van der Waals surface area contributed by atoms with Crippen molar-refractivity contribution >= 4 is 17.5 Å². The van der Waals surface area contributed by atoms with Crippen molar-refractivity contribution < 1.29 is 9.90 Å². The number of hydrogen-bond donors (Lipinski definition) is 2. The third-order valence-corrected chi connectivity index (χ3v) is 5.23. The van der Waals surface area contributed by atoms with E-state index in [-0.39, 0.29) is 11.6 Å². The van der Waals surface area contributed by atoms with Crippen molar-refractivity contribution in [1.82, 2.24) is 20.1 Å². The summed E-state index contributed by atoms with van der Waals surface area (Å²) in [6, 6.07) is 11.5. The molecule has 2 atom stereocenters. The first-order valence-corrected chi connectivity index (χ1v) is 9.70. The maximum absolute atomic E-state index is 13.0. The van der Waals surface area contributed by atoms with Crippen molar-refractivity contribution in [2.45, 2.75) is 31.4 Å². The van der Waals surface area contributed by atoms with Crippen molar-refractivity contribution in [3.63, 3.8) is 0 Å². The highest BCUT2D eigenvalue weighted by Gasteiger charge is 2.28. The number of rotatable bonds is 4. The van der Waals surface area contributed by atoms with Gasteiger partial charge < -0.3 is 10.4 Å². The van der Waals surface area contributed by atoms with Crippen LogP contribution in [0, 0.1) is 0 Å². The summed E-state index contributed by atoms with van der Waals surface area (Å²) in [4.78, 5) is 30.0. The van der Waals surface area contributed by atoms with E-state index in [0.717, 1.165) is 11.1 Å². The SMILES string of the molecule is O=C(N[C@@H]1CCC[C@@H]1O)c1cc(-c2ccc(Cl)cc2)nn(-c2cccnc2)c1=O. The van der Waals surface area contributed by atoms with E-state index in [0.29, 0.717) is 34.8 Å². The Labute approximate surface area is 172 Å². The average Bonchev–Trinajstić information content (AvgIpc) is 3.14. The van der Waals surface area contributed by atoms with Gasteiger partial charge in [-0.3, -0.25) is 14.6 Å². The van der Waals surface area contributed by atoms with Gasteiger partial charge in [0.1, 0.15) is 5.56 Å². The lowest BCUT2D eigenvalue weighted by Crippen LogP contribution is -2.42. The zero-order valence-corrected chi connectivity index (χ0v) is 16.2. The third-order valence-electron chi connectivity index (χ3n) is 4.98. The number of halogens is 1. The molecule has 0 aliphatic heterocycles. The highest BCUT2D eigenvalue weighted by Crippen LogP contribution is 2.22. The molecule has 0 radical (unpaired) electrons. The number of carbonyl (C=O) groups is 1. The van der Waals surface area contributed by atoms with Gasteiger partial charge in [-0.2, -0.15) is 9.78 Å². The van der Waals surface area contributed by atoms with Crippen LogP contribution >= 0.6 is 11.6 Å². The van der Waals surface area contributed by atoms with Gasteiger partial charge in [0.2, 0.25) is 0 Å². The molecule has 8 heteroatoms. The fraction of sp³-hybridized carbons (Fsp3) is 0.238. The van der Waals surface area contributed by atoms with E-state index in [9.17, 15) is 14.7 Å². The first-order valence-electron chi connectivity index (χ1n) is 9.32. The van der Waals surface area contributed by atoms with Gasteiger partial charge in [-0.25, -0.2) is 0 Å². The van der Waals surface area contributed by atoms with Crippen LogP contribution in [0.4, 0.5) is 0 Å². The Hall–Kier alpha value is -3.03. The van der Waals surface area contributed by atoms with E-state index < -0.39 is 17.6 Å². The molecule has 1 amide bonds. The van der Waals surface area contributed by atoms with Crippen molar-refractivity contribution in [2.24, 2.45) is 0 Å². The highest BCUT2D eigenvalue weighted by molar-refractivity contribution is 6.30. The van der Waals surface area contributed by atoms with Crippen LogP contribution in [0.15, 0.2) is 59.7 Å². The molecule has 1 fully saturated rings. The number of aromatic nitrogens is 3. The monoisotopic (exact) mass is 410 g/mol. The van der Waals surface area contributed by atoms with Gasteiger partial charge in [0.15, 0.2) is 0 Å². The van der Waals surface area contributed by atoms with E-state index in [2.05, 4.69) is 15.4 Å². The predicted octanol–water partition coefficient (Wildman–Crippen LogP) is 2.59. The molecule has 1 saturated carbocycles. The lowest BCUT2D eigenvalue weighted by molar-refractivity contribution is 0.0871. The molecule has 3 aromatic rings. The summed E-state index contributed by atoms with van der Waals surface area (Å²) in [5, 5.41) is 17.8. The van der Waals surface area contributed by atoms with Gasteiger partial charge in [-0.05, 0) is 49.6 Å². The number of amides is 1. The van der Waals surface area contributed by atoms with E-state index in [1.54, 1.807) is 42.6 Å². The van der Waals surface area contributed by atoms with Crippen molar-refractivity contribution in [2.75, 3.05) is 0 Å². The van der Waals surface area contributed by atoms with Crippen LogP contribution in [0.3, 0.4) is 0 Å². The molecule has 0 unspecified atom stereocenters. The number of carbonyl (C=O) groups excluding carboxylic acids is 1. The van der Waals surface area contributed by atoms with Crippen LogP contribution in [0.25, 0.3) is 16.9 Å². The fourth-order valence-corrected chi connectivity index (χ4v) is 3.55. The van der Waals surface area contributed by atoms with Gasteiger partial charge in [-0.15, -0.1) is 0 Å². The standard InChI is InChI=1S/C21H19ClN4O3/c22-14-8-6-13(7-9-14)18-11-16(20(28)24-17-4-1-5-19(17)27)21(29)26(25-18)15-3-2-10-23-12-15/h2-3,6-12,17,19,27H,1,4-5H2,(H,24,28)/t17-,19+/m1/s1. The van der Waals surface area contributed by atoms with Crippen LogP contribution < -0.4 is 10.9 Å². The zero-order chi connectivity index (χ0) is 20.4. The summed E-state index contributed by atoms with van der Waals surface area (Å²) in [6.45, 7) is 0. The number of nitrogens with one attached hydrogen (secondary N) is 1. The number of nitrogens with zero attached hydrogens (tertiary/aromatic N) is 3. The second-order valence-corrected chi connectivity index (χ2v) is 7.39. The molecule has 2 N–H and O–H groups in total. The van der Waals surface area contributed by atoms with Crippen LogP contribution in [-0.2, 0) is 0 Å². The maximum atomic E-state index is 13.0. The molecular weight excluding hydrogens is 392 g/mol. The lowest BCUT2D eigenvalue weighted by Gasteiger charge is -2.17. The minimum Gasteiger partial charge on any atom is -0.391 e. The second kappa shape index (κ2) is 8.14. The number of aliphatic hydroxyl groups excluding tert-OH is 1. The zero-order valence-electron chi connectivity index (χ0n) is 15.5. The number of pyridine rings is 1. The highest BCUT2D eigenvalue weighted by atomic mass is 35.5. The Bertz CT molecular complexity index is 1080. The Balaban J connectivity index is 1.81. The van der Waals surface area contributed by atoms with Crippen LogP contribution in [0.1, 0.15) is 29.6 Å². The normalized spacial score (nSPS) is 18.6. The molecule has 0 bridgehead atoms. The van der Waals surface area contributed by atoms with Gasteiger partial charge in [0, 0.05) is 16.8 Å². The predicted molar refractivity (Wildman–Crippen MR) is 109 cm³/mol. The van der Waals surface area contributed by atoms with Gasteiger partial charge in [0.25, 0.3) is 11.5 Å². The molecule has 1 aliphatic rings. The quantitative estimate of drug-likeness (QED) is 0.689. The van der Waals surface area contributed by atoms with E-state index >= 15 is 0 Å². The van der Waals surface area contributed by atoms with Crippen molar-refractivity contribution in [3.05, 3.63) is 75.8 Å². The number of aliphatic hydroxyl groups is 1. The average molecular weight is 411 g/mol. The van der Waals surface area contributed by atoms with Crippen LogP contribution in [0.5, 0.6) is 0 Å². The van der Waals surface area contributed by atoms with Crippen LogP contribution in [0.2, 0.25) is 5.02 Å². The Morgan fingerprint density at radius 3 is 2.66 bits per heavy atom. The lowest BCUT2D eigenvalue weighted by atomic mass is 10.1. The second-order valence-electron chi connectivity index (χ2n) is 6.96. The molecular formula is C21H19ClN4O3. The molecule has 7 nitrogen and oxygen atoms in total. The molecule has 0 saturated heterocycles. The first-order chi connectivity index (χ1) is 14.0. The molecule has 29 heavy (non-hydrogen) atoms. The van der Waals surface area contributed by atoms with Crippen LogP contribution in [-0.4, -0.2) is 37.9 Å². The summed E-state index contributed by atoms with van der Waals surface area (Å²) in [5.41, 5.74) is 1.00. The van der Waals surface area contributed by atoms with Crippen molar-refractivity contribution in [3.8, 4) is 16.9 Å². The Morgan fingerprint density at radius 1 is 1.21 bits per heavy atom. The van der Waals surface area contributed by atoms with E-state index in [4.69, 9.17) is 11.6 Å². The molecule has 0 spiro atoms. The summed E-state index contributed by atoms with van der Waals surface area (Å²) < 4.78 is 1.16. The molecule has 4 rings (SSSR count). The topological polar surface area (TPSA) is 97.1 Å². The maximum Gasteiger partial charge on any atom is 0.284 e. The summed E-state index contributed by atoms with van der Waals surface area (Å²) in [6.07, 6.45) is 4.64. The molecule has 148 valence electrons. The first kappa shape index (κ1) is 19.3. The molecule has 1 aliphatic carbocycles. The molecule has 2 aromatic heterocycles. The van der Waals surface area contributed by atoms with Gasteiger partial charge >= 0.3 is 0 Å². The summed E-state index contributed by atoms with van der Waals surface area (Å²) in [7, 11) is 0. The summed E-state index contributed by atoms with van der Waals surface area (Å²) in [5.74, 6) is -0.531. The number of hydrogen-bond acceptors (Lipinski definition) is 5. The van der Waals surface area contributed by atoms with E-state index in [1.807, 2.05) is 0 Å². The minimum absolute atomic E-state index is 0.0482. The number of benzene rings is 1. The van der Waals surface area contributed by atoms with Gasteiger partial charge in [-0.1, -0.05) is 23.7 Å². The third kappa shape index (κ3) is 4.06. The Kier molecular flexibility index (Phi) is 5.42. The largest absolute Gasteiger partial charge is 0.391 e. The fourth-order valence-electron chi connectivity index (χ4n) is 3.43. The summed E-state index contributed by atoms with van der Waals surface area (Å²) >= 11 is 5.97. The minimum atomic E-state index is -0.600. The Morgan fingerprint density at radius 2 is 2.00 bits per heavy atom. The smallest absolute Gasteiger partial charge is 0.284 e. The van der Waals surface area contributed by atoms with Gasteiger partial charge in [0.05, 0.1) is 29.7 Å². The van der Waals surface area contributed by atoms with Crippen molar-refractivity contribution in [1.29, 1.82) is 0 Å². The molecule has 1 aromatic carbocycles.